The summed E-state index contributed by atoms with van der Waals surface area (Å²) in [6.07, 6.45) is 4.19. The van der Waals surface area contributed by atoms with Crippen molar-refractivity contribution >= 4 is 5.69 Å². The minimum Gasteiger partial charge on any atom is -0.381 e. The van der Waals surface area contributed by atoms with Crippen LogP contribution in [0.1, 0.15) is 49.3 Å². The Labute approximate surface area is 186 Å². The highest BCUT2D eigenvalue weighted by Gasteiger charge is 2.45. The average Bonchev–Trinajstić information content (AvgIpc) is 2.78. The first kappa shape index (κ1) is 23.3. The molecule has 0 bridgehead atoms. The Bertz CT molecular complexity index is 854. The summed E-state index contributed by atoms with van der Waals surface area (Å²) in [5.74, 6) is -0.167. The van der Waals surface area contributed by atoms with E-state index < -0.39 is 17.8 Å². The predicted octanol–water partition coefficient (Wildman–Crippen LogP) is 5.09. The van der Waals surface area contributed by atoms with Gasteiger partial charge in [0.15, 0.2) is 0 Å². The first-order chi connectivity index (χ1) is 15.4. The van der Waals surface area contributed by atoms with E-state index in [9.17, 15) is 17.6 Å². The number of nitrogens with two attached hydrogens (primary N) is 1. The molecule has 1 aliphatic carbocycles. The lowest BCUT2D eigenvalue weighted by atomic mass is 9.73. The summed E-state index contributed by atoms with van der Waals surface area (Å²) in [4.78, 5) is 0. The normalized spacial score (nSPS) is 29.7. The summed E-state index contributed by atoms with van der Waals surface area (Å²) in [7, 11) is 0. The standard InChI is InChI=1S/C24H31F4N3O/c25-17-6-3-15(4-7-17)22-19-9-8-18(14-30-12-2-1-11-29)32-23(19)20-13-16(24(26,27)28)5-10-21(20)31-22/h3,5-7,10,13,15,18-19,22-23,30-31H,1-2,4,8-9,11-12,14,29H2/t15?,18-,19+,22+,23+/m1/s1. The van der Waals surface area contributed by atoms with Crippen molar-refractivity contribution in [2.75, 3.05) is 25.0 Å². The van der Waals surface area contributed by atoms with E-state index in [0.717, 1.165) is 38.3 Å². The molecule has 3 aliphatic rings. The summed E-state index contributed by atoms with van der Waals surface area (Å²) in [5.41, 5.74) is 6.10. The van der Waals surface area contributed by atoms with Crippen LogP contribution in [0, 0.1) is 11.8 Å². The van der Waals surface area contributed by atoms with Crippen molar-refractivity contribution < 1.29 is 22.3 Å². The molecule has 0 aromatic heterocycles. The molecule has 5 atom stereocenters. The lowest BCUT2D eigenvalue weighted by Gasteiger charge is -2.47. The van der Waals surface area contributed by atoms with E-state index in [4.69, 9.17) is 10.5 Å². The van der Waals surface area contributed by atoms with Gasteiger partial charge in [-0.3, -0.25) is 0 Å². The molecule has 2 heterocycles. The second kappa shape index (κ2) is 9.93. The van der Waals surface area contributed by atoms with E-state index in [1.807, 2.05) is 6.08 Å². The van der Waals surface area contributed by atoms with Crippen LogP contribution in [0.25, 0.3) is 0 Å². The van der Waals surface area contributed by atoms with Crippen LogP contribution in [0.4, 0.5) is 23.2 Å². The molecule has 176 valence electrons. The maximum Gasteiger partial charge on any atom is 0.416 e. The highest BCUT2D eigenvalue weighted by Crippen LogP contribution is 2.49. The van der Waals surface area contributed by atoms with Crippen LogP contribution in [0.5, 0.6) is 0 Å². The highest BCUT2D eigenvalue weighted by atomic mass is 19.4. The van der Waals surface area contributed by atoms with E-state index in [-0.39, 0.29) is 29.8 Å². The fourth-order valence-electron chi connectivity index (χ4n) is 5.08. The predicted molar refractivity (Wildman–Crippen MR) is 117 cm³/mol. The molecule has 1 aromatic rings. The first-order valence-corrected chi connectivity index (χ1v) is 11.4. The number of allylic oxidation sites excluding steroid dienone is 3. The fourth-order valence-corrected chi connectivity index (χ4v) is 5.08. The maximum absolute atomic E-state index is 13.5. The number of rotatable bonds is 7. The van der Waals surface area contributed by atoms with E-state index >= 15 is 0 Å². The molecule has 1 aromatic carbocycles. The molecule has 0 radical (unpaired) electrons. The molecule has 1 unspecified atom stereocenters. The summed E-state index contributed by atoms with van der Waals surface area (Å²) >= 11 is 0. The van der Waals surface area contributed by atoms with E-state index in [1.54, 1.807) is 6.08 Å². The molecule has 0 saturated carbocycles. The Hall–Kier alpha value is -1.90. The molecule has 32 heavy (non-hydrogen) atoms. The van der Waals surface area contributed by atoms with Crippen molar-refractivity contribution in [2.24, 2.45) is 17.6 Å². The number of halogens is 4. The zero-order valence-electron chi connectivity index (χ0n) is 18.0. The summed E-state index contributed by atoms with van der Waals surface area (Å²) in [6, 6.07) is 3.81. The van der Waals surface area contributed by atoms with Gasteiger partial charge in [-0.05, 0) is 75.5 Å². The zero-order chi connectivity index (χ0) is 22.7. The molecule has 8 heteroatoms. The summed E-state index contributed by atoms with van der Waals surface area (Å²) in [5, 5.41) is 6.85. The van der Waals surface area contributed by atoms with Crippen molar-refractivity contribution in [3.8, 4) is 0 Å². The van der Waals surface area contributed by atoms with E-state index in [2.05, 4.69) is 10.6 Å². The van der Waals surface area contributed by atoms with Crippen molar-refractivity contribution in [1.82, 2.24) is 5.32 Å². The van der Waals surface area contributed by atoms with Crippen LogP contribution in [-0.4, -0.2) is 31.8 Å². The number of ether oxygens (including phenoxy) is 1. The molecule has 1 fully saturated rings. The third kappa shape index (κ3) is 5.18. The van der Waals surface area contributed by atoms with Crippen LogP contribution < -0.4 is 16.4 Å². The van der Waals surface area contributed by atoms with Gasteiger partial charge in [0.1, 0.15) is 5.83 Å². The number of unbranched alkanes of at least 4 members (excludes halogenated alkanes) is 1. The van der Waals surface area contributed by atoms with Gasteiger partial charge in [0.05, 0.1) is 17.8 Å². The number of hydrogen-bond acceptors (Lipinski definition) is 4. The number of benzene rings is 1. The topological polar surface area (TPSA) is 59.3 Å². The molecule has 4 nitrogen and oxygen atoms in total. The van der Waals surface area contributed by atoms with Gasteiger partial charge in [-0.1, -0.05) is 6.08 Å². The molecule has 0 spiro atoms. The van der Waals surface area contributed by atoms with E-state index in [0.29, 0.717) is 30.8 Å². The number of nitrogens with one attached hydrogen (secondary N) is 2. The maximum atomic E-state index is 13.5. The number of fused-ring (bicyclic) bond motifs is 3. The average molecular weight is 454 g/mol. The van der Waals surface area contributed by atoms with Gasteiger partial charge in [0.2, 0.25) is 0 Å². The summed E-state index contributed by atoms with van der Waals surface area (Å²) < 4.78 is 60.1. The zero-order valence-corrected chi connectivity index (χ0v) is 18.0. The second-order valence-electron chi connectivity index (χ2n) is 8.94. The second-order valence-corrected chi connectivity index (χ2v) is 8.94. The molecule has 1 saturated heterocycles. The molecular weight excluding hydrogens is 422 g/mol. The first-order valence-electron chi connectivity index (χ1n) is 11.4. The molecule has 2 aliphatic heterocycles. The van der Waals surface area contributed by atoms with Crippen LogP contribution in [0.15, 0.2) is 42.3 Å². The van der Waals surface area contributed by atoms with Crippen molar-refractivity contribution in [3.05, 3.63) is 53.4 Å². The number of anilines is 1. The molecular formula is C24H31F4N3O. The lowest BCUT2D eigenvalue weighted by molar-refractivity contribution is -0.138. The molecule has 4 N–H and O–H groups in total. The van der Waals surface area contributed by atoms with Gasteiger partial charge >= 0.3 is 6.18 Å². The fraction of sp³-hybridized carbons (Fsp3) is 0.583. The van der Waals surface area contributed by atoms with Gasteiger partial charge in [0.25, 0.3) is 0 Å². The SMILES string of the molecule is NCCCCNC[C@H]1CC[C@@H]2[C@H](O1)c1cc(C(F)(F)F)ccc1N[C@H]2C1C=CC(F)=CC1. The van der Waals surface area contributed by atoms with Gasteiger partial charge in [-0.25, -0.2) is 4.39 Å². The van der Waals surface area contributed by atoms with Crippen molar-refractivity contribution in [1.29, 1.82) is 0 Å². The quantitative estimate of drug-likeness (QED) is 0.397. The minimum absolute atomic E-state index is 0.0173. The van der Waals surface area contributed by atoms with Crippen LogP contribution in [0.2, 0.25) is 0 Å². The minimum atomic E-state index is -4.41. The van der Waals surface area contributed by atoms with Crippen LogP contribution >= 0.6 is 0 Å². The Kier molecular flexibility index (Phi) is 7.22. The Balaban J connectivity index is 1.55. The Morgan fingerprint density at radius 1 is 1.19 bits per heavy atom. The third-order valence-corrected chi connectivity index (χ3v) is 6.75. The lowest BCUT2D eigenvalue weighted by Crippen LogP contribution is -2.48. The number of hydrogen-bond donors (Lipinski definition) is 3. The Morgan fingerprint density at radius 2 is 2.03 bits per heavy atom. The Morgan fingerprint density at radius 3 is 2.75 bits per heavy atom. The van der Waals surface area contributed by atoms with Crippen molar-refractivity contribution in [2.45, 2.75) is 56.5 Å². The summed E-state index contributed by atoms with van der Waals surface area (Å²) in [6.45, 7) is 2.17. The van der Waals surface area contributed by atoms with Gasteiger partial charge in [-0.2, -0.15) is 13.2 Å². The number of alkyl halides is 3. The van der Waals surface area contributed by atoms with Gasteiger partial charge in [0, 0.05) is 35.7 Å². The largest absolute Gasteiger partial charge is 0.416 e. The van der Waals surface area contributed by atoms with Crippen LogP contribution in [0.3, 0.4) is 0 Å². The van der Waals surface area contributed by atoms with Gasteiger partial charge < -0.3 is 21.1 Å². The van der Waals surface area contributed by atoms with Gasteiger partial charge in [-0.15, -0.1) is 0 Å². The monoisotopic (exact) mass is 453 g/mol. The smallest absolute Gasteiger partial charge is 0.381 e. The van der Waals surface area contributed by atoms with E-state index in [1.165, 1.54) is 18.2 Å². The van der Waals surface area contributed by atoms with Crippen molar-refractivity contribution in [3.63, 3.8) is 0 Å². The third-order valence-electron chi connectivity index (χ3n) is 6.75. The molecule has 4 rings (SSSR count). The molecule has 0 amide bonds. The highest BCUT2D eigenvalue weighted by molar-refractivity contribution is 5.58. The van der Waals surface area contributed by atoms with Crippen LogP contribution in [-0.2, 0) is 10.9 Å².